The van der Waals surface area contributed by atoms with Gasteiger partial charge < -0.3 is 20.2 Å². The van der Waals surface area contributed by atoms with Crippen molar-refractivity contribution in [2.24, 2.45) is 0 Å². The van der Waals surface area contributed by atoms with E-state index in [1.807, 2.05) is 30.3 Å². The van der Waals surface area contributed by atoms with Crippen molar-refractivity contribution in [3.8, 4) is 0 Å². The van der Waals surface area contributed by atoms with Crippen molar-refractivity contribution in [2.45, 2.75) is 31.9 Å². The Morgan fingerprint density at radius 2 is 2.09 bits per heavy atom. The molecule has 1 saturated heterocycles. The van der Waals surface area contributed by atoms with Crippen LogP contribution in [-0.2, 0) is 11.3 Å². The zero-order chi connectivity index (χ0) is 16.7. The minimum absolute atomic E-state index is 0.00664. The largest absolute Gasteiger partial charge is 0.391 e. The fraction of sp³-hybridized carbons (Fsp3) is 0.529. The Bertz CT molecular complexity index is 521. The monoisotopic (exact) mass is 319 g/mol. The summed E-state index contributed by atoms with van der Waals surface area (Å²) in [6.45, 7) is 1.90. The van der Waals surface area contributed by atoms with Gasteiger partial charge in [-0.05, 0) is 18.4 Å². The third kappa shape index (κ3) is 5.56. The van der Waals surface area contributed by atoms with E-state index >= 15 is 0 Å². The van der Waals surface area contributed by atoms with Crippen molar-refractivity contribution in [1.29, 1.82) is 0 Å². The van der Waals surface area contributed by atoms with Crippen LogP contribution in [-0.4, -0.2) is 59.6 Å². The van der Waals surface area contributed by atoms with Gasteiger partial charge in [0.1, 0.15) is 0 Å². The van der Waals surface area contributed by atoms with Crippen LogP contribution >= 0.6 is 0 Å². The number of hydrogen-bond acceptors (Lipinski definition) is 3. The SMILES string of the molecule is CN(Cc1ccccc1)C(=O)CCNC(=O)N1CCCC(O)C1. The lowest BCUT2D eigenvalue weighted by Gasteiger charge is -2.30. The number of urea groups is 1. The molecule has 0 aromatic heterocycles. The summed E-state index contributed by atoms with van der Waals surface area (Å²) in [6, 6.07) is 9.59. The number of piperidine rings is 1. The fourth-order valence-electron chi connectivity index (χ4n) is 2.66. The average Bonchev–Trinajstić information content (AvgIpc) is 2.55. The van der Waals surface area contributed by atoms with Crippen LogP contribution < -0.4 is 5.32 Å². The molecule has 6 heteroatoms. The van der Waals surface area contributed by atoms with Crippen LogP contribution in [0.1, 0.15) is 24.8 Å². The highest BCUT2D eigenvalue weighted by Crippen LogP contribution is 2.09. The molecule has 1 aliphatic heterocycles. The Morgan fingerprint density at radius 3 is 2.78 bits per heavy atom. The van der Waals surface area contributed by atoms with Gasteiger partial charge in [-0.25, -0.2) is 4.79 Å². The van der Waals surface area contributed by atoms with Gasteiger partial charge >= 0.3 is 6.03 Å². The Morgan fingerprint density at radius 1 is 1.35 bits per heavy atom. The summed E-state index contributed by atoms with van der Waals surface area (Å²) in [7, 11) is 1.76. The first kappa shape index (κ1) is 17.3. The van der Waals surface area contributed by atoms with Gasteiger partial charge in [-0.3, -0.25) is 4.79 Å². The van der Waals surface area contributed by atoms with Gasteiger partial charge in [0.15, 0.2) is 0 Å². The fourth-order valence-corrected chi connectivity index (χ4v) is 2.66. The van der Waals surface area contributed by atoms with Gasteiger partial charge in [0.2, 0.25) is 5.91 Å². The summed E-state index contributed by atoms with van der Waals surface area (Å²) in [6.07, 6.45) is 1.39. The van der Waals surface area contributed by atoms with E-state index < -0.39 is 6.10 Å². The smallest absolute Gasteiger partial charge is 0.317 e. The molecule has 2 N–H and O–H groups in total. The van der Waals surface area contributed by atoms with Crippen LogP contribution in [0, 0.1) is 0 Å². The number of carbonyl (C=O) groups excluding carboxylic acids is 2. The number of nitrogens with one attached hydrogen (secondary N) is 1. The maximum Gasteiger partial charge on any atom is 0.317 e. The molecule has 6 nitrogen and oxygen atoms in total. The summed E-state index contributed by atoms with van der Waals surface area (Å²) in [5.74, 6) is -0.00664. The van der Waals surface area contributed by atoms with E-state index in [1.54, 1.807) is 16.8 Å². The zero-order valence-corrected chi connectivity index (χ0v) is 13.6. The van der Waals surface area contributed by atoms with Gasteiger partial charge in [0, 0.05) is 39.6 Å². The van der Waals surface area contributed by atoms with Crippen molar-refractivity contribution >= 4 is 11.9 Å². The Kier molecular flexibility index (Phi) is 6.40. The standard InChI is InChI=1S/C17H25N3O3/c1-19(12-14-6-3-2-4-7-14)16(22)9-10-18-17(23)20-11-5-8-15(21)13-20/h2-4,6-7,15,21H,5,8-13H2,1H3,(H,18,23). The zero-order valence-electron chi connectivity index (χ0n) is 13.6. The molecular formula is C17H25N3O3. The maximum atomic E-state index is 12.1. The molecule has 0 saturated carbocycles. The minimum atomic E-state index is -0.437. The second-order valence-electron chi connectivity index (χ2n) is 5.96. The first-order chi connectivity index (χ1) is 11.1. The summed E-state index contributed by atoms with van der Waals surface area (Å²) in [5.41, 5.74) is 1.08. The van der Waals surface area contributed by atoms with Crippen molar-refractivity contribution in [3.05, 3.63) is 35.9 Å². The van der Waals surface area contributed by atoms with Gasteiger partial charge in [0.05, 0.1) is 6.10 Å². The van der Waals surface area contributed by atoms with Crippen LogP contribution in [0.2, 0.25) is 0 Å². The van der Waals surface area contributed by atoms with Crippen LogP contribution in [0.25, 0.3) is 0 Å². The highest BCUT2D eigenvalue weighted by molar-refractivity contribution is 5.78. The lowest BCUT2D eigenvalue weighted by Crippen LogP contribution is -2.47. The quantitative estimate of drug-likeness (QED) is 0.856. The molecule has 0 radical (unpaired) electrons. The molecule has 0 aliphatic carbocycles. The van der Waals surface area contributed by atoms with Crippen LogP contribution in [0.5, 0.6) is 0 Å². The van der Waals surface area contributed by atoms with Crippen molar-refractivity contribution in [2.75, 3.05) is 26.7 Å². The summed E-state index contributed by atoms with van der Waals surface area (Å²) >= 11 is 0. The number of aliphatic hydroxyl groups excluding tert-OH is 1. The molecule has 1 aliphatic rings. The molecule has 1 heterocycles. The first-order valence-electron chi connectivity index (χ1n) is 8.05. The normalized spacial score (nSPS) is 17.7. The third-order valence-corrected chi connectivity index (χ3v) is 3.99. The average molecular weight is 319 g/mol. The number of aliphatic hydroxyl groups is 1. The molecule has 3 amide bonds. The molecule has 0 bridgehead atoms. The summed E-state index contributed by atoms with van der Waals surface area (Å²) < 4.78 is 0. The van der Waals surface area contributed by atoms with E-state index in [0.29, 0.717) is 26.2 Å². The molecule has 126 valence electrons. The number of β-amino-alcohol motifs (C(OH)–C–C–N with tert-alkyl or cyclic N) is 1. The van der Waals surface area contributed by atoms with E-state index in [-0.39, 0.29) is 18.4 Å². The van der Waals surface area contributed by atoms with Crippen molar-refractivity contribution < 1.29 is 14.7 Å². The van der Waals surface area contributed by atoms with Gasteiger partial charge in [-0.2, -0.15) is 0 Å². The third-order valence-electron chi connectivity index (χ3n) is 3.99. The Labute approximate surface area is 137 Å². The molecule has 2 rings (SSSR count). The van der Waals surface area contributed by atoms with E-state index in [2.05, 4.69) is 5.32 Å². The predicted octanol–water partition coefficient (Wildman–Crippen LogP) is 1.20. The second kappa shape index (κ2) is 8.53. The highest BCUT2D eigenvalue weighted by Gasteiger charge is 2.21. The van der Waals surface area contributed by atoms with E-state index in [9.17, 15) is 14.7 Å². The minimum Gasteiger partial charge on any atom is -0.391 e. The number of amides is 3. The number of nitrogens with zero attached hydrogens (tertiary/aromatic N) is 2. The van der Waals surface area contributed by atoms with Crippen LogP contribution in [0.3, 0.4) is 0 Å². The highest BCUT2D eigenvalue weighted by atomic mass is 16.3. The van der Waals surface area contributed by atoms with Gasteiger partial charge in [-0.1, -0.05) is 30.3 Å². The molecule has 23 heavy (non-hydrogen) atoms. The molecule has 1 aromatic carbocycles. The number of benzene rings is 1. The lowest BCUT2D eigenvalue weighted by atomic mass is 10.1. The lowest BCUT2D eigenvalue weighted by molar-refractivity contribution is -0.130. The Balaban J connectivity index is 1.68. The number of likely N-dealkylation sites (tertiary alicyclic amines) is 1. The first-order valence-corrected chi connectivity index (χ1v) is 8.05. The van der Waals surface area contributed by atoms with Gasteiger partial charge in [-0.15, -0.1) is 0 Å². The van der Waals surface area contributed by atoms with E-state index in [0.717, 1.165) is 18.4 Å². The van der Waals surface area contributed by atoms with Crippen LogP contribution in [0.15, 0.2) is 30.3 Å². The van der Waals surface area contributed by atoms with Gasteiger partial charge in [0.25, 0.3) is 0 Å². The van der Waals surface area contributed by atoms with Crippen molar-refractivity contribution in [1.82, 2.24) is 15.1 Å². The van der Waals surface area contributed by atoms with Crippen LogP contribution in [0.4, 0.5) is 4.79 Å². The van der Waals surface area contributed by atoms with E-state index in [1.165, 1.54) is 0 Å². The second-order valence-corrected chi connectivity index (χ2v) is 5.96. The van der Waals surface area contributed by atoms with E-state index in [4.69, 9.17) is 0 Å². The predicted molar refractivity (Wildman–Crippen MR) is 87.7 cm³/mol. The number of rotatable bonds is 5. The molecule has 0 spiro atoms. The molecular weight excluding hydrogens is 294 g/mol. The maximum absolute atomic E-state index is 12.1. The molecule has 1 unspecified atom stereocenters. The number of carbonyl (C=O) groups is 2. The topological polar surface area (TPSA) is 72.9 Å². The Hall–Kier alpha value is -2.08. The molecule has 1 atom stereocenters. The van der Waals surface area contributed by atoms with Crippen molar-refractivity contribution in [3.63, 3.8) is 0 Å². The summed E-state index contributed by atoms with van der Waals surface area (Å²) in [4.78, 5) is 27.3. The summed E-state index contributed by atoms with van der Waals surface area (Å²) in [5, 5.41) is 12.3. The molecule has 1 aromatic rings. The number of hydrogen-bond donors (Lipinski definition) is 2. The molecule has 1 fully saturated rings.